The molecule has 0 N–H and O–H groups in total. The van der Waals surface area contributed by atoms with Crippen LogP contribution in [0.25, 0.3) is 98.2 Å². The quantitative estimate of drug-likeness (QED) is 0.194. The van der Waals surface area contributed by atoms with Crippen LogP contribution in [0.3, 0.4) is 0 Å². The van der Waals surface area contributed by atoms with Crippen LogP contribution in [0, 0.1) is 0 Å². The minimum Gasteiger partial charge on any atom is -0.456 e. The van der Waals surface area contributed by atoms with E-state index in [4.69, 9.17) is 19.4 Å². The Morgan fingerprint density at radius 1 is 0.417 bits per heavy atom. The van der Waals surface area contributed by atoms with Crippen LogP contribution in [0.5, 0.6) is 0 Å². The standard InChI is InChI=1S/C43H25N3OS/c1-2-11-26(12-3-1)35-25-36(27-21-22-38-34(24-27)30-15-6-8-19-37(30)47-38)45-43(44-35)29-14-10-13-28(23-29)40-31-16-4-5-17-32(31)42-41(46-40)33-18-7-9-20-39(33)48-42/h1-25H. The highest BCUT2D eigenvalue weighted by molar-refractivity contribution is 7.26. The van der Waals surface area contributed by atoms with E-state index in [9.17, 15) is 0 Å². The summed E-state index contributed by atoms with van der Waals surface area (Å²) < 4.78 is 8.59. The summed E-state index contributed by atoms with van der Waals surface area (Å²) in [5, 5.41) is 5.70. The molecule has 0 radical (unpaired) electrons. The van der Waals surface area contributed by atoms with Gasteiger partial charge in [0.25, 0.3) is 0 Å². The molecule has 0 aliphatic carbocycles. The summed E-state index contributed by atoms with van der Waals surface area (Å²) in [5.41, 5.74) is 9.47. The fourth-order valence-electron chi connectivity index (χ4n) is 6.78. The molecule has 4 nitrogen and oxygen atoms in total. The molecular weight excluding hydrogens is 607 g/mol. The average Bonchev–Trinajstić information content (AvgIpc) is 3.73. The summed E-state index contributed by atoms with van der Waals surface area (Å²) in [6, 6.07) is 52.4. The monoisotopic (exact) mass is 631 g/mol. The third-order valence-corrected chi connectivity index (χ3v) is 10.3. The maximum absolute atomic E-state index is 6.12. The molecule has 0 fully saturated rings. The van der Waals surface area contributed by atoms with Crippen LogP contribution in [0.4, 0.5) is 0 Å². The van der Waals surface area contributed by atoms with Gasteiger partial charge in [0.2, 0.25) is 0 Å². The number of nitrogens with zero attached hydrogens (tertiary/aromatic N) is 3. The summed E-state index contributed by atoms with van der Waals surface area (Å²) in [7, 11) is 0. The van der Waals surface area contributed by atoms with Gasteiger partial charge in [-0.05, 0) is 42.5 Å². The van der Waals surface area contributed by atoms with E-state index < -0.39 is 0 Å². The second kappa shape index (κ2) is 10.7. The molecule has 0 amide bonds. The predicted molar refractivity (Wildman–Crippen MR) is 199 cm³/mol. The first-order valence-electron chi connectivity index (χ1n) is 15.9. The largest absolute Gasteiger partial charge is 0.456 e. The zero-order valence-corrected chi connectivity index (χ0v) is 26.4. The van der Waals surface area contributed by atoms with Crippen molar-refractivity contribution in [2.45, 2.75) is 0 Å². The minimum absolute atomic E-state index is 0.664. The molecule has 0 saturated carbocycles. The van der Waals surface area contributed by atoms with Crippen molar-refractivity contribution in [1.29, 1.82) is 0 Å². The molecule has 48 heavy (non-hydrogen) atoms. The Morgan fingerprint density at radius 3 is 1.96 bits per heavy atom. The molecule has 0 saturated heterocycles. The number of rotatable bonds is 4. The van der Waals surface area contributed by atoms with Crippen LogP contribution in [0.2, 0.25) is 0 Å². The van der Waals surface area contributed by atoms with E-state index >= 15 is 0 Å². The fourth-order valence-corrected chi connectivity index (χ4v) is 7.96. The highest BCUT2D eigenvalue weighted by Gasteiger charge is 2.17. The van der Waals surface area contributed by atoms with Crippen LogP contribution in [0.1, 0.15) is 0 Å². The molecule has 224 valence electrons. The van der Waals surface area contributed by atoms with Gasteiger partial charge in [-0.1, -0.05) is 109 Å². The molecule has 4 heterocycles. The molecule has 0 aliphatic rings. The van der Waals surface area contributed by atoms with Crippen molar-refractivity contribution in [3.63, 3.8) is 0 Å². The fraction of sp³-hybridized carbons (Fsp3) is 0. The summed E-state index contributed by atoms with van der Waals surface area (Å²) >= 11 is 1.81. The third kappa shape index (κ3) is 4.33. The Hall–Kier alpha value is -6.17. The lowest BCUT2D eigenvalue weighted by atomic mass is 10.0. The van der Waals surface area contributed by atoms with Crippen molar-refractivity contribution in [3.05, 3.63) is 152 Å². The number of para-hydroxylation sites is 1. The van der Waals surface area contributed by atoms with Gasteiger partial charge < -0.3 is 4.42 Å². The van der Waals surface area contributed by atoms with Gasteiger partial charge in [0.1, 0.15) is 11.2 Å². The highest BCUT2D eigenvalue weighted by atomic mass is 32.1. The summed E-state index contributed by atoms with van der Waals surface area (Å²) in [6.45, 7) is 0. The second-order valence-corrected chi connectivity index (χ2v) is 13.1. The van der Waals surface area contributed by atoms with E-state index in [2.05, 4.69) is 109 Å². The Balaban J connectivity index is 1.17. The third-order valence-electron chi connectivity index (χ3n) is 9.08. The van der Waals surface area contributed by atoms with Crippen molar-refractivity contribution >= 4 is 64.4 Å². The SMILES string of the molecule is c1ccc(-c2cc(-c3ccc4oc5ccccc5c4c3)nc(-c3cccc(-c4nc5c6ccccc6sc5c5ccccc45)c3)n2)cc1. The second-order valence-electron chi connectivity index (χ2n) is 12.0. The van der Waals surface area contributed by atoms with Gasteiger partial charge in [-0.3, -0.25) is 0 Å². The minimum atomic E-state index is 0.664. The first-order chi connectivity index (χ1) is 23.8. The predicted octanol–water partition coefficient (Wildman–Crippen LogP) is 12.0. The first-order valence-corrected chi connectivity index (χ1v) is 16.8. The van der Waals surface area contributed by atoms with Crippen molar-refractivity contribution in [2.75, 3.05) is 0 Å². The number of pyridine rings is 1. The van der Waals surface area contributed by atoms with Crippen LogP contribution >= 0.6 is 11.3 Å². The Morgan fingerprint density at radius 2 is 1.08 bits per heavy atom. The molecule has 0 atom stereocenters. The zero-order chi connectivity index (χ0) is 31.6. The van der Waals surface area contributed by atoms with E-state index in [-0.39, 0.29) is 0 Å². The molecule has 6 aromatic carbocycles. The van der Waals surface area contributed by atoms with Crippen molar-refractivity contribution in [2.24, 2.45) is 0 Å². The van der Waals surface area contributed by atoms with Crippen LogP contribution in [-0.2, 0) is 0 Å². The van der Waals surface area contributed by atoms with E-state index in [1.165, 1.54) is 20.2 Å². The van der Waals surface area contributed by atoms with Gasteiger partial charge in [0.15, 0.2) is 5.82 Å². The Bertz CT molecular complexity index is 2850. The van der Waals surface area contributed by atoms with Gasteiger partial charge in [-0.2, -0.15) is 0 Å². The van der Waals surface area contributed by atoms with E-state index in [1.54, 1.807) is 0 Å². The number of benzene rings is 6. The number of furan rings is 1. The molecule has 0 spiro atoms. The Kier molecular flexibility index (Phi) is 6.01. The van der Waals surface area contributed by atoms with Crippen LogP contribution in [0.15, 0.2) is 156 Å². The lowest BCUT2D eigenvalue weighted by Gasteiger charge is -2.12. The topological polar surface area (TPSA) is 51.8 Å². The maximum atomic E-state index is 6.12. The van der Waals surface area contributed by atoms with Gasteiger partial charge in [-0.25, -0.2) is 15.0 Å². The van der Waals surface area contributed by atoms with E-state index in [0.717, 1.165) is 72.2 Å². The molecule has 10 rings (SSSR count). The van der Waals surface area contributed by atoms with E-state index in [0.29, 0.717) is 5.82 Å². The lowest BCUT2D eigenvalue weighted by molar-refractivity contribution is 0.669. The number of hydrogen-bond acceptors (Lipinski definition) is 5. The van der Waals surface area contributed by atoms with Gasteiger partial charge in [0.05, 0.1) is 27.3 Å². The smallest absolute Gasteiger partial charge is 0.160 e. The molecule has 10 aromatic rings. The number of aromatic nitrogens is 3. The Labute approximate surface area is 279 Å². The van der Waals surface area contributed by atoms with E-state index in [1.807, 2.05) is 53.8 Å². The summed E-state index contributed by atoms with van der Waals surface area (Å²) in [6.07, 6.45) is 0. The number of thiophene rings is 1. The van der Waals surface area contributed by atoms with Crippen LogP contribution < -0.4 is 0 Å². The first kappa shape index (κ1) is 27.0. The van der Waals surface area contributed by atoms with Crippen molar-refractivity contribution < 1.29 is 4.42 Å². The number of fused-ring (bicyclic) bond motifs is 8. The molecule has 0 aliphatic heterocycles. The van der Waals surface area contributed by atoms with Gasteiger partial charge in [-0.15, -0.1) is 11.3 Å². The van der Waals surface area contributed by atoms with Gasteiger partial charge >= 0.3 is 0 Å². The normalized spacial score (nSPS) is 11.8. The molecule has 0 unspecified atom stereocenters. The van der Waals surface area contributed by atoms with Crippen LogP contribution in [-0.4, -0.2) is 15.0 Å². The lowest BCUT2D eigenvalue weighted by Crippen LogP contribution is -1.96. The maximum Gasteiger partial charge on any atom is 0.160 e. The molecule has 4 aromatic heterocycles. The molecule has 0 bridgehead atoms. The molecule has 5 heteroatoms. The van der Waals surface area contributed by atoms with Crippen molar-refractivity contribution in [3.8, 4) is 45.2 Å². The van der Waals surface area contributed by atoms with Crippen molar-refractivity contribution in [1.82, 2.24) is 15.0 Å². The zero-order valence-electron chi connectivity index (χ0n) is 25.6. The summed E-state index contributed by atoms with van der Waals surface area (Å²) in [4.78, 5) is 15.7. The summed E-state index contributed by atoms with van der Waals surface area (Å²) in [5.74, 6) is 0.664. The van der Waals surface area contributed by atoms with Gasteiger partial charge in [0, 0.05) is 53.9 Å². The highest BCUT2D eigenvalue weighted by Crippen LogP contribution is 2.41. The number of hydrogen-bond donors (Lipinski definition) is 0. The average molecular weight is 632 g/mol. The molecular formula is C43H25N3OS.